The van der Waals surface area contributed by atoms with E-state index in [1.54, 1.807) is 29.4 Å². The highest BCUT2D eigenvalue weighted by atomic mass is 16.6. The van der Waals surface area contributed by atoms with Gasteiger partial charge in [-0.3, -0.25) is 15.1 Å². The molecule has 1 aliphatic heterocycles. The lowest BCUT2D eigenvalue weighted by molar-refractivity contribution is -0.132. The second-order valence-electron chi connectivity index (χ2n) is 15.2. The van der Waals surface area contributed by atoms with Crippen molar-refractivity contribution in [1.82, 2.24) is 30.6 Å². The SMILES string of the molecule is COC(=O)N[C@H](C(=O)NN(Cc1ccc(-c2cncnc2)cc1)C[C@@H]1OC(C)(C)N(C(=O)OC(C)(C)C)[C@H]1Cc1ccc(OC)cc1)C(C)(C)C. The Bertz CT molecular complexity index is 1620. The minimum absolute atomic E-state index is 0.193. The van der Waals surface area contributed by atoms with Crippen molar-refractivity contribution in [3.05, 3.63) is 78.4 Å². The second-order valence-corrected chi connectivity index (χ2v) is 15.2. The fraction of sp³-hybridized carbons (Fsp3) is 0.500. The van der Waals surface area contributed by atoms with Crippen LogP contribution in [-0.2, 0) is 32.0 Å². The average molecular weight is 705 g/mol. The summed E-state index contributed by atoms with van der Waals surface area (Å²) in [5.74, 6) is 0.287. The van der Waals surface area contributed by atoms with Gasteiger partial charge in [-0.2, -0.15) is 0 Å². The molecule has 0 bridgehead atoms. The van der Waals surface area contributed by atoms with E-state index in [4.69, 9.17) is 18.9 Å². The monoisotopic (exact) mass is 704 g/mol. The van der Waals surface area contributed by atoms with Crippen LogP contribution in [-0.4, -0.2) is 88.2 Å². The van der Waals surface area contributed by atoms with Crippen molar-refractivity contribution < 1.29 is 33.3 Å². The number of alkyl carbamates (subject to hydrolysis) is 1. The standard InChI is InChI=1S/C38H52N6O7/c1-36(2,3)32(41-34(46)49-10)33(45)42-43(22-26-11-15-27(16-12-26)28-20-39-24-40-21-28)23-31-30(19-25-13-17-29(48-9)18-14-25)44(38(7,8)50-31)35(47)51-37(4,5)6/h11-18,20-21,24,30-32H,19,22-23H2,1-10H3,(H,41,46)(H,42,45)/t30-,31-,32+/m0/s1. The molecule has 2 N–H and O–H groups in total. The molecule has 0 aliphatic carbocycles. The lowest BCUT2D eigenvalue weighted by Gasteiger charge is -2.35. The first-order valence-electron chi connectivity index (χ1n) is 17.0. The van der Waals surface area contributed by atoms with E-state index in [9.17, 15) is 14.4 Å². The number of carbonyl (C=O) groups is 3. The first-order valence-corrected chi connectivity index (χ1v) is 17.0. The van der Waals surface area contributed by atoms with Crippen LogP contribution in [0.4, 0.5) is 9.59 Å². The molecule has 0 spiro atoms. The molecule has 276 valence electrons. The van der Waals surface area contributed by atoms with Crippen LogP contribution in [0.5, 0.6) is 5.75 Å². The van der Waals surface area contributed by atoms with E-state index in [-0.39, 0.29) is 13.1 Å². The zero-order chi connectivity index (χ0) is 37.6. The Balaban J connectivity index is 1.70. The van der Waals surface area contributed by atoms with Gasteiger partial charge in [0.25, 0.3) is 5.91 Å². The maximum absolute atomic E-state index is 14.0. The molecule has 4 rings (SSSR count). The number of aromatic nitrogens is 2. The van der Waals surface area contributed by atoms with Crippen LogP contribution < -0.4 is 15.5 Å². The zero-order valence-electron chi connectivity index (χ0n) is 31.4. The van der Waals surface area contributed by atoms with E-state index in [0.29, 0.717) is 6.42 Å². The smallest absolute Gasteiger partial charge is 0.412 e. The molecule has 13 nitrogen and oxygen atoms in total. The van der Waals surface area contributed by atoms with E-state index in [2.05, 4.69) is 20.7 Å². The van der Waals surface area contributed by atoms with Gasteiger partial charge in [-0.1, -0.05) is 57.2 Å². The minimum Gasteiger partial charge on any atom is -0.497 e. The molecule has 3 amide bonds. The Labute approximate surface area is 301 Å². The maximum atomic E-state index is 14.0. The molecule has 1 saturated heterocycles. The van der Waals surface area contributed by atoms with Crippen LogP contribution in [0.15, 0.2) is 67.3 Å². The Hall–Kier alpha value is -4.75. The van der Waals surface area contributed by atoms with E-state index in [0.717, 1.165) is 28.0 Å². The van der Waals surface area contributed by atoms with Crippen LogP contribution in [0.2, 0.25) is 0 Å². The average Bonchev–Trinajstić information content (AvgIpc) is 3.31. The predicted octanol–water partition coefficient (Wildman–Crippen LogP) is 5.74. The normalized spacial score (nSPS) is 17.8. The van der Waals surface area contributed by atoms with Crippen LogP contribution in [0.3, 0.4) is 0 Å². The number of nitrogens with zero attached hydrogens (tertiary/aromatic N) is 4. The van der Waals surface area contributed by atoms with Gasteiger partial charge >= 0.3 is 12.2 Å². The van der Waals surface area contributed by atoms with Crippen LogP contribution >= 0.6 is 0 Å². The Kier molecular flexibility index (Phi) is 12.3. The summed E-state index contributed by atoms with van der Waals surface area (Å²) in [6, 6.07) is 14.1. The van der Waals surface area contributed by atoms with Crippen molar-refractivity contribution in [2.24, 2.45) is 5.41 Å². The molecule has 2 aromatic carbocycles. The van der Waals surface area contributed by atoms with Gasteiger partial charge in [-0.15, -0.1) is 0 Å². The third-order valence-corrected chi connectivity index (χ3v) is 8.44. The van der Waals surface area contributed by atoms with Crippen LogP contribution in [0.1, 0.15) is 66.5 Å². The van der Waals surface area contributed by atoms with Gasteiger partial charge in [0.05, 0.1) is 26.4 Å². The van der Waals surface area contributed by atoms with E-state index in [1.807, 2.05) is 104 Å². The molecule has 1 aromatic heterocycles. The Morgan fingerprint density at radius 3 is 2.08 bits per heavy atom. The van der Waals surface area contributed by atoms with Gasteiger partial charge in [-0.05, 0) is 75.3 Å². The van der Waals surface area contributed by atoms with Crippen molar-refractivity contribution in [3.63, 3.8) is 0 Å². The lowest BCUT2D eigenvalue weighted by atomic mass is 9.86. The van der Waals surface area contributed by atoms with Gasteiger partial charge in [-0.25, -0.2) is 24.6 Å². The number of methoxy groups -OCH3 is 2. The molecule has 0 saturated carbocycles. The summed E-state index contributed by atoms with van der Waals surface area (Å²) in [5.41, 5.74) is 4.31. The molecule has 2 heterocycles. The molecular formula is C38H52N6O7. The number of amides is 3. The number of carbonyl (C=O) groups excluding carboxylic acids is 3. The maximum Gasteiger partial charge on any atom is 0.412 e. The van der Waals surface area contributed by atoms with Crippen LogP contribution in [0.25, 0.3) is 11.1 Å². The largest absolute Gasteiger partial charge is 0.497 e. The fourth-order valence-corrected chi connectivity index (χ4v) is 6.03. The summed E-state index contributed by atoms with van der Waals surface area (Å²) in [7, 11) is 2.86. The van der Waals surface area contributed by atoms with Crippen molar-refractivity contribution in [2.75, 3.05) is 20.8 Å². The number of rotatable bonds is 11. The topological polar surface area (TPSA) is 144 Å². The van der Waals surface area contributed by atoms with Gasteiger partial charge < -0.3 is 24.3 Å². The second kappa shape index (κ2) is 16.1. The molecule has 3 atom stereocenters. The Morgan fingerprint density at radius 1 is 0.922 bits per heavy atom. The number of hydrogen-bond acceptors (Lipinski definition) is 10. The summed E-state index contributed by atoms with van der Waals surface area (Å²) < 4.78 is 22.7. The van der Waals surface area contributed by atoms with Gasteiger partial charge in [0.1, 0.15) is 29.4 Å². The van der Waals surface area contributed by atoms with Gasteiger partial charge in [0.15, 0.2) is 0 Å². The van der Waals surface area contributed by atoms with Crippen molar-refractivity contribution >= 4 is 18.1 Å². The lowest BCUT2D eigenvalue weighted by Crippen LogP contribution is -2.58. The number of hydrazine groups is 1. The summed E-state index contributed by atoms with van der Waals surface area (Å²) in [5, 5.41) is 4.44. The molecular weight excluding hydrogens is 652 g/mol. The minimum atomic E-state index is -1.04. The first kappa shape index (κ1) is 39.0. The molecule has 1 aliphatic rings. The third-order valence-electron chi connectivity index (χ3n) is 8.44. The van der Waals surface area contributed by atoms with Crippen molar-refractivity contribution in [2.45, 2.75) is 97.9 Å². The van der Waals surface area contributed by atoms with Gasteiger partial charge in [0, 0.05) is 31.0 Å². The number of nitrogens with one attached hydrogen (secondary N) is 2. The highest BCUT2D eigenvalue weighted by Gasteiger charge is 2.51. The quantitative estimate of drug-likeness (QED) is 0.237. The van der Waals surface area contributed by atoms with Crippen molar-refractivity contribution in [3.8, 4) is 16.9 Å². The number of benzene rings is 2. The highest BCUT2D eigenvalue weighted by Crippen LogP contribution is 2.36. The first-order chi connectivity index (χ1) is 23.9. The summed E-state index contributed by atoms with van der Waals surface area (Å²) >= 11 is 0. The van der Waals surface area contributed by atoms with E-state index < -0.39 is 53.0 Å². The summed E-state index contributed by atoms with van der Waals surface area (Å²) in [6.45, 7) is 15.2. The van der Waals surface area contributed by atoms with E-state index in [1.165, 1.54) is 13.4 Å². The summed E-state index contributed by atoms with van der Waals surface area (Å²) in [4.78, 5) is 50.0. The Morgan fingerprint density at radius 2 is 1.53 bits per heavy atom. The molecule has 0 radical (unpaired) electrons. The fourth-order valence-electron chi connectivity index (χ4n) is 6.03. The highest BCUT2D eigenvalue weighted by molar-refractivity contribution is 5.86. The third kappa shape index (κ3) is 10.6. The molecule has 0 unspecified atom stereocenters. The molecule has 13 heteroatoms. The van der Waals surface area contributed by atoms with Crippen LogP contribution in [0, 0.1) is 5.41 Å². The molecule has 1 fully saturated rings. The predicted molar refractivity (Wildman–Crippen MR) is 192 cm³/mol. The van der Waals surface area contributed by atoms with Gasteiger partial charge in [0.2, 0.25) is 0 Å². The summed E-state index contributed by atoms with van der Waals surface area (Å²) in [6.07, 6.45) is 3.63. The van der Waals surface area contributed by atoms with E-state index >= 15 is 0 Å². The number of ether oxygens (including phenoxy) is 4. The molecule has 51 heavy (non-hydrogen) atoms. The zero-order valence-corrected chi connectivity index (χ0v) is 31.4. The number of hydrogen-bond donors (Lipinski definition) is 2. The van der Waals surface area contributed by atoms with Crippen molar-refractivity contribution in [1.29, 1.82) is 0 Å². The molecule has 3 aromatic rings.